The van der Waals surface area contributed by atoms with Crippen molar-refractivity contribution in [2.24, 2.45) is 0 Å². The Balaban J connectivity index is 1.14. The topological polar surface area (TPSA) is 65.0 Å². The first kappa shape index (κ1) is 28.2. The van der Waals surface area contributed by atoms with Crippen molar-refractivity contribution in [3.05, 3.63) is 164 Å². The Kier molecular flexibility index (Phi) is 6.42. The lowest BCUT2D eigenvalue weighted by molar-refractivity contribution is 0.658. The van der Waals surface area contributed by atoms with Crippen LogP contribution in [0.4, 0.5) is 0 Å². The van der Waals surface area contributed by atoms with Gasteiger partial charge in [-0.3, -0.25) is 0 Å². The minimum atomic E-state index is 0.617. The molecule has 0 N–H and O–H groups in total. The first-order chi connectivity index (χ1) is 24.8. The summed E-state index contributed by atoms with van der Waals surface area (Å²) in [6.45, 7) is 0. The van der Waals surface area contributed by atoms with Crippen LogP contribution < -0.4 is 0 Å². The molecule has 0 aliphatic carbocycles. The monoisotopic (exact) mass is 641 g/mol. The Morgan fingerprint density at radius 1 is 0.300 bits per heavy atom. The van der Waals surface area contributed by atoms with Gasteiger partial charge < -0.3 is 8.83 Å². The summed E-state index contributed by atoms with van der Waals surface area (Å²) in [6, 6.07) is 55.7. The molecule has 0 amide bonds. The second-order valence-corrected chi connectivity index (χ2v) is 12.4. The van der Waals surface area contributed by atoms with Gasteiger partial charge in [0.1, 0.15) is 22.3 Å². The Labute approximate surface area is 287 Å². The molecule has 0 spiro atoms. The van der Waals surface area contributed by atoms with Crippen molar-refractivity contribution in [2.75, 3.05) is 0 Å². The summed E-state index contributed by atoms with van der Waals surface area (Å²) in [5, 5.41) is 4.31. The van der Waals surface area contributed by atoms with Crippen LogP contribution in [0.3, 0.4) is 0 Å². The van der Waals surface area contributed by atoms with Crippen LogP contribution in [-0.4, -0.2) is 15.0 Å². The van der Waals surface area contributed by atoms with Gasteiger partial charge in [0.25, 0.3) is 0 Å². The molecule has 0 fully saturated rings. The normalized spacial score (nSPS) is 11.6. The fraction of sp³-hybridized carbons (Fsp3) is 0. The van der Waals surface area contributed by atoms with E-state index in [0.29, 0.717) is 17.5 Å². The van der Waals surface area contributed by atoms with Crippen LogP contribution in [0.1, 0.15) is 0 Å². The van der Waals surface area contributed by atoms with Gasteiger partial charge in [0.15, 0.2) is 17.5 Å². The van der Waals surface area contributed by atoms with E-state index in [1.165, 1.54) is 0 Å². The second-order valence-electron chi connectivity index (χ2n) is 12.4. The molecule has 3 aromatic heterocycles. The van der Waals surface area contributed by atoms with Gasteiger partial charge in [0.2, 0.25) is 0 Å². The summed E-state index contributed by atoms with van der Waals surface area (Å²) < 4.78 is 13.2. The molecule has 0 saturated carbocycles. The second kappa shape index (κ2) is 11.4. The highest BCUT2D eigenvalue weighted by Crippen LogP contribution is 2.45. The van der Waals surface area contributed by atoms with Gasteiger partial charge in [-0.05, 0) is 47.0 Å². The number of rotatable bonds is 5. The lowest BCUT2D eigenvalue weighted by Crippen LogP contribution is -2.00. The first-order valence-electron chi connectivity index (χ1n) is 16.6. The van der Waals surface area contributed by atoms with E-state index in [9.17, 15) is 0 Å². The number of fused-ring (bicyclic) bond motifs is 6. The number of furan rings is 2. The molecule has 5 nitrogen and oxygen atoms in total. The number of para-hydroxylation sites is 2. The maximum absolute atomic E-state index is 6.58. The van der Waals surface area contributed by atoms with Crippen molar-refractivity contribution < 1.29 is 8.83 Å². The summed E-state index contributed by atoms with van der Waals surface area (Å²) in [5.41, 5.74) is 10.2. The van der Waals surface area contributed by atoms with Crippen molar-refractivity contribution >= 4 is 43.9 Å². The molecule has 0 aliphatic heterocycles. The van der Waals surface area contributed by atoms with Crippen LogP contribution in [0.2, 0.25) is 0 Å². The van der Waals surface area contributed by atoms with Crippen LogP contribution in [0.15, 0.2) is 173 Å². The van der Waals surface area contributed by atoms with Crippen LogP contribution in [0.25, 0.3) is 100 Å². The number of hydrogen-bond acceptors (Lipinski definition) is 5. The van der Waals surface area contributed by atoms with Crippen LogP contribution in [-0.2, 0) is 0 Å². The van der Waals surface area contributed by atoms with Gasteiger partial charge in [-0.2, -0.15) is 0 Å². The molecule has 10 aromatic rings. The van der Waals surface area contributed by atoms with Crippen molar-refractivity contribution in [2.45, 2.75) is 0 Å². The molecule has 50 heavy (non-hydrogen) atoms. The lowest BCUT2D eigenvalue weighted by Gasteiger charge is -2.11. The summed E-state index contributed by atoms with van der Waals surface area (Å²) in [6.07, 6.45) is 0. The molecular formula is C45H27N3O2. The highest BCUT2D eigenvalue weighted by Gasteiger charge is 2.21. The van der Waals surface area contributed by atoms with E-state index in [-0.39, 0.29) is 0 Å². The molecular weight excluding hydrogens is 615 g/mol. The molecule has 0 aliphatic rings. The molecule has 0 unspecified atom stereocenters. The Morgan fingerprint density at radius 3 is 1.24 bits per heavy atom. The predicted molar refractivity (Wildman–Crippen MR) is 202 cm³/mol. The van der Waals surface area contributed by atoms with E-state index in [1.54, 1.807) is 0 Å². The summed E-state index contributed by atoms with van der Waals surface area (Å²) in [4.78, 5) is 14.8. The number of nitrogens with zero attached hydrogens (tertiary/aromatic N) is 3. The first-order valence-corrected chi connectivity index (χ1v) is 16.6. The summed E-state index contributed by atoms with van der Waals surface area (Å²) >= 11 is 0. The Hall–Kier alpha value is -6.85. The smallest absolute Gasteiger partial charge is 0.164 e. The Morgan fingerprint density at radius 2 is 0.700 bits per heavy atom. The highest BCUT2D eigenvalue weighted by atomic mass is 16.3. The van der Waals surface area contributed by atoms with Crippen molar-refractivity contribution in [1.82, 2.24) is 15.0 Å². The highest BCUT2D eigenvalue weighted by molar-refractivity contribution is 6.22. The molecule has 0 saturated heterocycles. The fourth-order valence-electron chi connectivity index (χ4n) is 6.93. The zero-order valence-electron chi connectivity index (χ0n) is 26.7. The number of hydrogen-bond donors (Lipinski definition) is 0. The molecule has 7 aromatic carbocycles. The lowest BCUT2D eigenvalue weighted by atomic mass is 9.95. The average molecular weight is 642 g/mol. The molecule has 0 atom stereocenters. The summed E-state index contributed by atoms with van der Waals surface area (Å²) in [7, 11) is 0. The van der Waals surface area contributed by atoms with Crippen molar-refractivity contribution in [1.29, 1.82) is 0 Å². The SMILES string of the molecule is c1ccc(-c2nc(-c3ccccc3)nc(-c3cccc(-c4cccc(-c5c6oc7ccccc7c6cc6c5oc5ccccc56)c4)c3)n2)cc1. The molecule has 234 valence electrons. The van der Waals surface area contributed by atoms with Gasteiger partial charge in [-0.25, -0.2) is 15.0 Å². The van der Waals surface area contributed by atoms with Gasteiger partial charge in [0, 0.05) is 38.2 Å². The van der Waals surface area contributed by atoms with Gasteiger partial charge >= 0.3 is 0 Å². The molecule has 5 heteroatoms. The van der Waals surface area contributed by atoms with Crippen molar-refractivity contribution in [3.8, 4) is 56.4 Å². The third kappa shape index (κ3) is 4.67. The van der Waals surface area contributed by atoms with Gasteiger partial charge in [-0.1, -0.05) is 133 Å². The molecule has 3 heterocycles. The number of benzene rings is 7. The quantitative estimate of drug-likeness (QED) is 0.187. The minimum Gasteiger partial charge on any atom is -0.455 e. The zero-order valence-corrected chi connectivity index (χ0v) is 26.7. The maximum Gasteiger partial charge on any atom is 0.164 e. The average Bonchev–Trinajstić information content (AvgIpc) is 3.75. The molecule has 10 rings (SSSR count). The van der Waals surface area contributed by atoms with E-state index in [1.807, 2.05) is 84.9 Å². The Bertz CT molecular complexity index is 2730. The minimum absolute atomic E-state index is 0.617. The number of aromatic nitrogens is 3. The standard InChI is InChI=1S/C45H27N3O2/c1-3-13-28(14-4-1)43-46-44(29-15-5-2-6-16-29)48-45(47-43)33-20-12-18-31(26-33)30-17-11-19-32(25-30)40-41-36(34-21-7-9-23-38(34)49-41)27-37-35-22-8-10-24-39(35)50-42(37)40/h1-27H. The molecule has 0 radical (unpaired) electrons. The summed E-state index contributed by atoms with van der Waals surface area (Å²) in [5.74, 6) is 1.89. The van der Waals surface area contributed by atoms with E-state index < -0.39 is 0 Å². The molecule has 0 bridgehead atoms. The predicted octanol–water partition coefficient (Wildman–Crippen LogP) is 12.0. The maximum atomic E-state index is 6.58. The van der Waals surface area contributed by atoms with E-state index >= 15 is 0 Å². The van der Waals surface area contributed by atoms with Crippen LogP contribution in [0, 0.1) is 0 Å². The van der Waals surface area contributed by atoms with Gasteiger partial charge in [-0.15, -0.1) is 0 Å². The van der Waals surface area contributed by atoms with Crippen molar-refractivity contribution in [3.63, 3.8) is 0 Å². The van der Waals surface area contributed by atoms with Crippen LogP contribution >= 0.6 is 0 Å². The van der Waals surface area contributed by atoms with E-state index in [0.717, 1.165) is 82.8 Å². The van der Waals surface area contributed by atoms with Crippen LogP contribution in [0.5, 0.6) is 0 Å². The van der Waals surface area contributed by atoms with E-state index in [4.69, 9.17) is 23.8 Å². The zero-order chi connectivity index (χ0) is 33.0. The third-order valence-electron chi connectivity index (χ3n) is 9.32. The largest absolute Gasteiger partial charge is 0.455 e. The third-order valence-corrected chi connectivity index (χ3v) is 9.32. The fourth-order valence-corrected chi connectivity index (χ4v) is 6.93. The van der Waals surface area contributed by atoms with E-state index in [2.05, 4.69) is 78.9 Å². The van der Waals surface area contributed by atoms with Gasteiger partial charge in [0.05, 0.1) is 5.56 Å².